The van der Waals surface area contributed by atoms with Crippen LogP contribution in [0.1, 0.15) is 50.9 Å². The van der Waals surface area contributed by atoms with Gasteiger partial charge in [0.1, 0.15) is 17.1 Å². The van der Waals surface area contributed by atoms with Crippen molar-refractivity contribution in [1.29, 1.82) is 5.26 Å². The number of nitriles is 1. The van der Waals surface area contributed by atoms with Gasteiger partial charge in [0.15, 0.2) is 6.54 Å². The van der Waals surface area contributed by atoms with Gasteiger partial charge < -0.3 is 10.6 Å². The van der Waals surface area contributed by atoms with Crippen LogP contribution in [0.3, 0.4) is 0 Å². The Morgan fingerprint density at radius 3 is 2.76 bits per heavy atom. The van der Waals surface area contributed by atoms with Crippen LogP contribution in [0.15, 0.2) is 41.8 Å². The minimum atomic E-state index is -0.0613. The number of hydrogen-bond donors (Lipinski definition) is 2. The molecule has 1 atom stereocenters. The van der Waals surface area contributed by atoms with Crippen molar-refractivity contribution in [3.8, 4) is 6.07 Å². The molecule has 1 aliphatic rings. The molecule has 0 aliphatic heterocycles. The monoisotopic (exact) mass is 422 g/mol. The first-order valence-corrected chi connectivity index (χ1v) is 11.6. The van der Waals surface area contributed by atoms with Crippen LogP contribution in [0.5, 0.6) is 0 Å². The molecule has 4 rings (SSSR count). The maximum Gasteiger partial charge on any atom is 0.280 e. The molecule has 0 radical (unpaired) electrons. The van der Waals surface area contributed by atoms with Gasteiger partial charge in [0.05, 0.1) is 10.4 Å². The van der Waals surface area contributed by atoms with Crippen LogP contribution in [0.2, 0.25) is 0 Å². The van der Waals surface area contributed by atoms with Gasteiger partial charge in [-0.2, -0.15) is 5.26 Å². The van der Waals surface area contributed by atoms with Crippen LogP contribution in [-0.4, -0.2) is 12.5 Å². The minimum absolute atomic E-state index is 0.0613. The molecule has 2 aromatic heterocycles. The van der Waals surface area contributed by atoms with E-state index in [1.54, 1.807) is 22.7 Å². The van der Waals surface area contributed by atoms with Crippen molar-refractivity contribution in [2.75, 3.05) is 11.9 Å². The number of nitrogens with two attached hydrogens (primary N) is 1. The highest BCUT2D eigenvalue weighted by Crippen LogP contribution is 2.37. The Labute approximate surface area is 179 Å². The van der Waals surface area contributed by atoms with Gasteiger partial charge in [-0.1, -0.05) is 35.9 Å². The topological polar surface area (TPSA) is 69.5 Å². The second-order valence-corrected chi connectivity index (χ2v) is 9.50. The van der Waals surface area contributed by atoms with Crippen molar-refractivity contribution in [2.45, 2.75) is 38.6 Å². The average molecular weight is 423 g/mol. The Bertz CT molecular complexity index is 1030. The number of carbonyl (C=O) groups excluding carboxylic acids is 1. The zero-order valence-electron chi connectivity index (χ0n) is 16.4. The third kappa shape index (κ3) is 4.43. The van der Waals surface area contributed by atoms with Crippen molar-refractivity contribution in [3.05, 3.63) is 73.8 Å². The molecular weight excluding hydrogens is 398 g/mol. The summed E-state index contributed by atoms with van der Waals surface area (Å²) < 4.78 is 0. The Morgan fingerprint density at radius 1 is 1.24 bits per heavy atom. The summed E-state index contributed by atoms with van der Waals surface area (Å²) in [5, 5.41) is 17.5. The maximum atomic E-state index is 12.7. The smallest absolute Gasteiger partial charge is 0.280 e. The molecule has 0 saturated heterocycles. The summed E-state index contributed by atoms with van der Waals surface area (Å²) in [6.45, 7) is 2.39. The zero-order valence-corrected chi connectivity index (χ0v) is 18.0. The third-order valence-corrected chi connectivity index (χ3v) is 7.52. The van der Waals surface area contributed by atoms with Gasteiger partial charge >= 0.3 is 0 Å². The standard InChI is InChI=1S/C23H23N3OS2/c1-15-8-10-16(11-9-15)22(20-7-4-12-28-20)25-14-21(27)26-23-18(13-24)17-5-2-3-6-19(17)29-23/h4,7-12,22,25H,2-3,5-6,14H2,1H3,(H,26,27)/p+1/t22-/m0/s1. The number of rotatable bonds is 6. The quantitative estimate of drug-likeness (QED) is 0.626. The first-order chi connectivity index (χ1) is 14.2. The Morgan fingerprint density at radius 2 is 2.03 bits per heavy atom. The lowest BCUT2D eigenvalue weighted by atomic mass is 9.96. The van der Waals surface area contributed by atoms with E-state index < -0.39 is 0 Å². The lowest BCUT2D eigenvalue weighted by molar-refractivity contribution is -0.675. The van der Waals surface area contributed by atoms with Crippen LogP contribution in [0.25, 0.3) is 0 Å². The number of benzene rings is 1. The molecule has 0 unspecified atom stereocenters. The fourth-order valence-electron chi connectivity index (χ4n) is 3.83. The second kappa shape index (κ2) is 8.91. The summed E-state index contributed by atoms with van der Waals surface area (Å²) >= 11 is 3.28. The third-order valence-electron chi connectivity index (χ3n) is 5.36. The summed E-state index contributed by atoms with van der Waals surface area (Å²) in [7, 11) is 0. The van der Waals surface area contributed by atoms with Crippen molar-refractivity contribution < 1.29 is 10.1 Å². The number of hydrogen-bond acceptors (Lipinski definition) is 4. The van der Waals surface area contributed by atoms with Gasteiger partial charge in [0.25, 0.3) is 5.91 Å². The van der Waals surface area contributed by atoms with Crippen LogP contribution in [-0.2, 0) is 17.6 Å². The molecule has 2 heterocycles. The Hall–Kier alpha value is -2.46. The van der Waals surface area contributed by atoms with Crippen molar-refractivity contribution >= 4 is 33.6 Å². The molecule has 4 nitrogen and oxygen atoms in total. The largest absolute Gasteiger partial charge is 0.328 e. The van der Waals surface area contributed by atoms with Gasteiger partial charge in [-0.3, -0.25) is 4.79 Å². The van der Waals surface area contributed by atoms with Crippen molar-refractivity contribution in [2.24, 2.45) is 0 Å². The first kappa shape index (κ1) is 19.8. The van der Waals surface area contributed by atoms with Crippen molar-refractivity contribution in [3.63, 3.8) is 0 Å². The zero-order chi connectivity index (χ0) is 20.2. The highest BCUT2D eigenvalue weighted by atomic mass is 32.1. The Balaban J connectivity index is 1.47. The molecule has 148 valence electrons. The highest BCUT2D eigenvalue weighted by molar-refractivity contribution is 7.16. The number of nitrogens with one attached hydrogen (secondary N) is 1. The van der Waals surface area contributed by atoms with E-state index in [9.17, 15) is 10.1 Å². The lowest BCUT2D eigenvalue weighted by Crippen LogP contribution is -2.87. The van der Waals surface area contributed by atoms with E-state index >= 15 is 0 Å². The molecule has 1 aromatic carbocycles. The SMILES string of the molecule is Cc1ccc([C@H]([NH2+]CC(=O)Nc2sc3c(c2C#N)CCCC3)c2cccs2)cc1. The van der Waals surface area contributed by atoms with Crippen LogP contribution >= 0.6 is 22.7 Å². The molecule has 3 N–H and O–H groups in total. The fourth-order valence-corrected chi connectivity index (χ4v) is 5.94. The van der Waals surface area contributed by atoms with E-state index in [1.807, 2.05) is 6.07 Å². The van der Waals surface area contributed by atoms with E-state index in [0.717, 1.165) is 29.8 Å². The first-order valence-electron chi connectivity index (χ1n) is 9.93. The predicted octanol–water partition coefficient (Wildman–Crippen LogP) is 4.16. The predicted molar refractivity (Wildman–Crippen MR) is 118 cm³/mol. The molecule has 1 aliphatic carbocycles. The summed E-state index contributed by atoms with van der Waals surface area (Å²) in [5.74, 6) is -0.0613. The van der Waals surface area contributed by atoms with Gasteiger partial charge in [0.2, 0.25) is 0 Å². The number of aryl methyl sites for hydroxylation is 2. The lowest BCUT2D eigenvalue weighted by Gasteiger charge is -2.15. The molecule has 3 aromatic rings. The number of carbonyl (C=O) groups is 1. The van der Waals surface area contributed by atoms with E-state index in [-0.39, 0.29) is 11.9 Å². The number of quaternary nitrogens is 1. The van der Waals surface area contributed by atoms with E-state index in [1.165, 1.54) is 27.3 Å². The maximum absolute atomic E-state index is 12.7. The average Bonchev–Trinajstić information content (AvgIpc) is 3.37. The van der Waals surface area contributed by atoms with Crippen LogP contribution in [0, 0.1) is 18.3 Å². The van der Waals surface area contributed by atoms with E-state index in [2.05, 4.69) is 59.3 Å². The molecule has 1 amide bonds. The summed E-state index contributed by atoms with van der Waals surface area (Å²) in [5.41, 5.74) is 4.24. The number of nitrogens with zero attached hydrogens (tertiary/aromatic N) is 1. The molecule has 6 heteroatoms. The van der Waals surface area contributed by atoms with Gasteiger partial charge in [0, 0.05) is 10.4 Å². The minimum Gasteiger partial charge on any atom is -0.328 e. The summed E-state index contributed by atoms with van der Waals surface area (Å²) in [6.07, 6.45) is 4.26. The number of anilines is 1. The van der Waals surface area contributed by atoms with Gasteiger partial charge in [-0.05, 0) is 49.6 Å². The second-order valence-electron chi connectivity index (χ2n) is 7.42. The van der Waals surface area contributed by atoms with Gasteiger partial charge in [-0.25, -0.2) is 0 Å². The van der Waals surface area contributed by atoms with E-state index in [0.29, 0.717) is 12.1 Å². The molecular formula is C23H24N3OS2+. The highest BCUT2D eigenvalue weighted by Gasteiger charge is 2.24. The molecule has 0 saturated carbocycles. The molecule has 29 heavy (non-hydrogen) atoms. The molecule has 0 fully saturated rings. The van der Waals surface area contributed by atoms with E-state index in [4.69, 9.17) is 0 Å². The fraction of sp³-hybridized carbons (Fsp3) is 0.304. The normalized spacial score (nSPS) is 14.1. The summed E-state index contributed by atoms with van der Waals surface area (Å²) in [4.78, 5) is 15.2. The summed E-state index contributed by atoms with van der Waals surface area (Å²) in [6, 6.07) is 15.1. The van der Waals surface area contributed by atoms with Crippen molar-refractivity contribution in [1.82, 2.24) is 0 Å². The number of thiophene rings is 2. The molecule has 0 bridgehead atoms. The molecule has 0 spiro atoms. The van der Waals surface area contributed by atoms with Crippen LogP contribution < -0.4 is 10.6 Å². The van der Waals surface area contributed by atoms with Crippen LogP contribution in [0.4, 0.5) is 5.00 Å². The number of amides is 1. The Kier molecular flexibility index (Phi) is 6.10. The number of fused-ring (bicyclic) bond motifs is 1. The van der Waals surface area contributed by atoms with Gasteiger partial charge in [-0.15, -0.1) is 22.7 Å².